The SMILES string of the molecule is C=CC(=O)c1ccc(CC)cc1-c1ccc(O)cc1. The van der Waals surface area contributed by atoms with E-state index in [2.05, 4.69) is 13.5 Å². The Morgan fingerprint density at radius 3 is 2.47 bits per heavy atom. The number of ketones is 1. The Hall–Kier alpha value is -2.35. The lowest BCUT2D eigenvalue weighted by Crippen LogP contribution is -1.98. The van der Waals surface area contributed by atoms with Gasteiger partial charge in [-0.2, -0.15) is 0 Å². The molecule has 0 aliphatic rings. The molecule has 0 radical (unpaired) electrons. The molecular weight excluding hydrogens is 236 g/mol. The number of benzene rings is 2. The van der Waals surface area contributed by atoms with Gasteiger partial charge in [0.05, 0.1) is 0 Å². The molecule has 0 spiro atoms. The quantitative estimate of drug-likeness (QED) is 0.660. The van der Waals surface area contributed by atoms with Gasteiger partial charge in [0, 0.05) is 5.56 Å². The van der Waals surface area contributed by atoms with Gasteiger partial charge < -0.3 is 5.11 Å². The van der Waals surface area contributed by atoms with Crippen molar-refractivity contribution in [2.75, 3.05) is 0 Å². The van der Waals surface area contributed by atoms with E-state index in [1.165, 1.54) is 11.6 Å². The second kappa shape index (κ2) is 5.53. The van der Waals surface area contributed by atoms with Crippen molar-refractivity contribution < 1.29 is 9.90 Å². The van der Waals surface area contributed by atoms with Crippen molar-refractivity contribution in [2.45, 2.75) is 13.3 Å². The lowest BCUT2D eigenvalue weighted by atomic mass is 9.94. The zero-order valence-corrected chi connectivity index (χ0v) is 10.9. The van der Waals surface area contributed by atoms with Crippen LogP contribution in [0.3, 0.4) is 0 Å². The van der Waals surface area contributed by atoms with Gasteiger partial charge in [0.1, 0.15) is 5.75 Å². The van der Waals surface area contributed by atoms with E-state index in [0.29, 0.717) is 5.56 Å². The van der Waals surface area contributed by atoms with Crippen molar-refractivity contribution >= 4 is 5.78 Å². The van der Waals surface area contributed by atoms with Gasteiger partial charge in [0.25, 0.3) is 0 Å². The lowest BCUT2D eigenvalue weighted by molar-refractivity contribution is 0.104. The van der Waals surface area contributed by atoms with Gasteiger partial charge in [-0.1, -0.05) is 43.8 Å². The summed E-state index contributed by atoms with van der Waals surface area (Å²) in [5.74, 6) is 0.123. The molecule has 0 heterocycles. The van der Waals surface area contributed by atoms with Gasteiger partial charge in [-0.15, -0.1) is 0 Å². The molecule has 2 rings (SSSR count). The van der Waals surface area contributed by atoms with E-state index >= 15 is 0 Å². The number of rotatable bonds is 4. The molecule has 2 aromatic rings. The van der Waals surface area contributed by atoms with Crippen molar-refractivity contribution in [3.63, 3.8) is 0 Å². The highest BCUT2D eigenvalue weighted by Gasteiger charge is 2.11. The van der Waals surface area contributed by atoms with Gasteiger partial charge in [-0.3, -0.25) is 4.79 Å². The average molecular weight is 252 g/mol. The number of carbonyl (C=O) groups is 1. The Morgan fingerprint density at radius 2 is 1.89 bits per heavy atom. The average Bonchev–Trinajstić information content (AvgIpc) is 2.46. The van der Waals surface area contributed by atoms with E-state index in [1.54, 1.807) is 12.1 Å². The minimum absolute atomic E-state index is 0.0919. The number of hydrogen-bond acceptors (Lipinski definition) is 2. The molecule has 19 heavy (non-hydrogen) atoms. The Kier molecular flexibility index (Phi) is 3.81. The Balaban J connectivity index is 2.60. The third kappa shape index (κ3) is 2.74. The molecule has 0 aromatic heterocycles. The largest absolute Gasteiger partial charge is 0.508 e. The van der Waals surface area contributed by atoms with Crippen LogP contribution in [0.1, 0.15) is 22.8 Å². The van der Waals surface area contributed by atoms with Crippen molar-refractivity contribution in [1.29, 1.82) is 0 Å². The molecule has 0 saturated heterocycles. The highest BCUT2D eigenvalue weighted by molar-refractivity contribution is 6.08. The zero-order valence-electron chi connectivity index (χ0n) is 10.9. The van der Waals surface area contributed by atoms with E-state index in [-0.39, 0.29) is 11.5 Å². The molecule has 0 amide bonds. The van der Waals surface area contributed by atoms with Crippen LogP contribution in [0.2, 0.25) is 0 Å². The molecule has 0 saturated carbocycles. The first kappa shape index (κ1) is 13.1. The summed E-state index contributed by atoms with van der Waals surface area (Å²) in [7, 11) is 0. The molecule has 0 atom stereocenters. The number of aryl methyl sites for hydroxylation is 1. The van der Waals surface area contributed by atoms with Crippen LogP contribution in [0, 0.1) is 0 Å². The van der Waals surface area contributed by atoms with Crippen molar-refractivity contribution in [3.8, 4) is 16.9 Å². The van der Waals surface area contributed by atoms with Crippen LogP contribution in [0.5, 0.6) is 5.75 Å². The molecule has 0 aliphatic carbocycles. The van der Waals surface area contributed by atoms with E-state index in [0.717, 1.165) is 17.5 Å². The summed E-state index contributed by atoms with van der Waals surface area (Å²) in [4.78, 5) is 11.9. The highest BCUT2D eigenvalue weighted by atomic mass is 16.3. The minimum atomic E-state index is -0.0919. The summed E-state index contributed by atoms with van der Waals surface area (Å²) < 4.78 is 0. The van der Waals surface area contributed by atoms with Crippen LogP contribution in [-0.2, 0) is 6.42 Å². The third-order valence-corrected chi connectivity index (χ3v) is 3.12. The smallest absolute Gasteiger partial charge is 0.185 e. The predicted molar refractivity (Wildman–Crippen MR) is 77.4 cm³/mol. The number of phenolic OH excluding ortho intramolecular Hbond substituents is 1. The number of phenols is 1. The van der Waals surface area contributed by atoms with Crippen molar-refractivity contribution in [1.82, 2.24) is 0 Å². The second-order valence-corrected chi connectivity index (χ2v) is 4.35. The fraction of sp³-hybridized carbons (Fsp3) is 0.118. The van der Waals surface area contributed by atoms with Crippen molar-refractivity contribution in [2.24, 2.45) is 0 Å². The molecule has 2 aromatic carbocycles. The zero-order chi connectivity index (χ0) is 13.8. The third-order valence-electron chi connectivity index (χ3n) is 3.12. The normalized spacial score (nSPS) is 10.2. The fourth-order valence-corrected chi connectivity index (χ4v) is 2.02. The summed E-state index contributed by atoms with van der Waals surface area (Å²) in [6, 6.07) is 12.7. The van der Waals surface area contributed by atoms with Gasteiger partial charge in [-0.25, -0.2) is 0 Å². The van der Waals surface area contributed by atoms with Crippen LogP contribution < -0.4 is 0 Å². The molecular formula is C17H16O2. The topological polar surface area (TPSA) is 37.3 Å². The van der Waals surface area contributed by atoms with E-state index in [1.807, 2.05) is 30.3 Å². The number of allylic oxidation sites excluding steroid dienone is 1. The minimum Gasteiger partial charge on any atom is -0.508 e. The molecule has 0 aliphatic heterocycles. The molecule has 2 nitrogen and oxygen atoms in total. The lowest BCUT2D eigenvalue weighted by Gasteiger charge is -2.10. The first-order valence-corrected chi connectivity index (χ1v) is 6.24. The predicted octanol–water partition coefficient (Wildman–Crippen LogP) is 3.99. The summed E-state index contributed by atoms with van der Waals surface area (Å²) in [5, 5.41) is 9.35. The van der Waals surface area contributed by atoms with E-state index in [9.17, 15) is 9.90 Å². The number of hydrogen-bond donors (Lipinski definition) is 1. The standard InChI is InChI=1S/C17H16O2/c1-3-12-5-10-15(17(19)4-2)16(11-12)13-6-8-14(18)9-7-13/h4-11,18H,2-3H2,1H3. The Labute approximate surface area is 113 Å². The molecule has 1 N–H and O–H groups in total. The molecule has 2 heteroatoms. The molecule has 0 fully saturated rings. The summed E-state index contributed by atoms with van der Waals surface area (Å²) in [5.41, 5.74) is 3.60. The monoisotopic (exact) mass is 252 g/mol. The second-order valence-electron chi connectivity index (χ2n) is 4.35. The van der Waals surface area contributed by atoms with Crippen LogP contribution in [0.4, 0.5) is 0 Å². The van der Waals surface area contributed by atoms with Crippen LogP contribution in [0.15, 0.2) is 55.1 Å². The maximum Gasteiger partial charge on any atom is 0.185 e. The van der Waals surface area contributed by atoms with Crippen molar-refractivity contribution in [3.05, 3.63) is 66.2 Å². The van der Waals surface area contributed by atoms with Crippen LogP contribution in [0.25, 0.3) is 11.1 Å². The highest BCUT2D eigenvalue weighted by Crippen LogP contribution is 2.27. The Morgan fingerprint density at radius 1 is 1.21 bits per heavy atom. The first-order valence-electron chi connectivity index (χ1n) is 6.24. The van der Waals surface area contributed by atoms with Gasteiger partial charge in [0.2, 0.25) is 0 Å². The number of aromatic hydroxyl groups is 1. The van der Waals surface area contributed by atoms with Crippen LogP contribution in [-0.4, -0.2) is 10.9 Å². The van der Waals surface area contributed by atoms with Gasteiger partial charge in [0.15, 0.2) is 5.78 Å². The maximum absolute atomic E-state index is 11.9. The van der Waals surface area contributed by atoms with Gasteiger partial charge in [-0.05, 0) is 41.3 Å². The molecule has 0 bridgehead atoms. The summed E-state index contributed by atoms with van der Waals surface area (Å²) in [6.07, 6.45) is 2.23. The Bertz CT molecular complexity index is 610. The first-order chi connectivity index (χ1) is 9.15. The van der Waals surface area contributed by atoms with E-state index in [4.69, 9.17) is 0 Å². The van der Waals surface area contributed by atoms with Crippen LogP contribution >= 0.6 is 0 Å². The maximum atomic E-state index is 11.9. The van der Waals surface area contributed by atoms with E-state index < -0.39 is 0 Å². The molecule has 0 unspecified atom stereocenters. The van der Waals surface area contributed by atoms with Gasteiger partial charge >= 0.3 is 0 Å². The number of carbonyl (C=O) groups excluding carboxylic acids is 1. The summed E-state index contributed by atoms with van der Waals surface area (Å²) in [6.45, 7) is 5.61. The summed E-state index contributed by atoms with van der Waals surface area (Å²) >= 11 is 0. The fourth-order valence-electron chi connectivity index (χ4n) is 2.02. The molecule has 96 valence electrons.